The Morgan fingerprint density at radius 1 is 1.33 bits per heavy atom. The molecule has 0 radical (unpaired) electrons. The second-order valence-electron chi connectivity index (χ2n) is 6.58. The minimum atomic E-state index is -3.22. The van der Waals surface area contributed by atoms with Crippen molar-refractivity contribution in [1.29, 1.82) is 0 Å². The molecule has 120 valence electrons. The molecule has 2 rings (SSSR count). The van der Waals surface area contributed by atoms with E-state index in [1.54, 1.807) is 6.08 Å². The van der Waals surface area contributed by atoms with Gasteiger partial charge in [0.1, 0.15) is 0 Å². The molecule has 2 atom stereocenters. The van der Waals surface area contributed by atoms with Gasteiger partial charge >= 0.3 is 0 Å². The van der Waals surface area contributed by atoms with Crippen molar-refractivity contribution < 1.29 is 13.2 Å². The predicted octanol–water partition coefficient (Wildman–Crippen LogP) is 1.03. The number of carbonyl (C=O) groups excluding carboxylic acids is 1. The Morgan fingerprint density at radius 2 is 2.00 bits per heavy atom. The largest absolute Gasteiger partial charge is 0.311 e. The third-order valence-electron chi connectivity index (χ3n) is 4.41. The average Bonchev–Trinajstić information content (AvgIpc) is 3.07. The van der Waals surface area contributed by atoms with Crippen LogP contribution < -0.4 is 5.32 Å². The first kappa shape index (κ1) is 16.6. The smallest absolute Gasteiger partial charge is 0.211 e. The van der Waals surface area contributed by atoms with E-state index in [1.807, 2.05) is 6.08 Å². The van der Waals surface area contributed by atoms with E-state index in [0.29, 0.717) is 31.6 Å². The summed E-state index contributed by atoms with van der Waals surface area (Å²) in [5.74, 6) is 0.242. The van der Waals surface area contributed by atoms with E-state index in [9.17, 15) is 13.2 Å². The van der Waals surface area contributed by atoms with Gasteiger partial charge in [0, 0.05) is 31.6 Å². The van der Waals surface area contributed by atoms with Crippen molar-refractivity contribution in [2.75, 3.05) is 25.9 Å². The van der Waals surface area contributed by atoms with Crippen molar-refractivity contribution in [1.82, 2.24) is 9.62 Å². The Labute approximate surface area is 127 Å². The summed E-state index contributed by atoms with van der Waals surface area (Å²) in [4.78, 5) is 12.4. The molecule has 2 fully saturated rings. The van der Waals surface area contributed by atoms with Gasteiger partial charge in [-0.2, -0.15) is 0 Å². The number of allylic oxidation sites excluding steroid dienone is 1. The Bertz CT molecular complexity index is 509. The van der Waals surface area contributed by atoms with E-state index in [2.05, 4.69) is 19.2 Å². The predicted molar refractivity (Wildman–Crippen MR) is 83.4 cm³/mol. The minimum absolute atomic E-state index is 0.0532. The summed E-state index contributed by atoms with van der Waals surface area (Å²) < 4.78 is 24.8. The van der Waals surface area contributed by atoms with Gasteiger partial charge in [-0.1, -0.05) is 19.9 Å². The zero-order chi connectivity index (χ0) is 15.6. The maximum absolute atomic E-state index is 12.4. The van der Waals surface area contributed by atoms with Crippen LogP contribution in [-0.2, 0) is 14.8 Å². The highest BCUT2D eigenvalue weighted by Crippen LogP contribution is 2.32. The maximum Gasteiger partial charge on any atom is 0.211 e. The highest BCUT2D eigenvalue weighted by atomic mass is 32.2. The van der Waals surface area contributed by atoms with Crippen molar-refractivity contribution in [3.8, 4) is 0 Å². The summed E-state index contributed by atoms with van der Waals surface area (Å²) in [5.41, 5.74) is 0. The monoisotopic (exact) mass is 314 g/mol. The van der Waals surface area contributed by atoms with Crippen LogP contribution in [0.1, 0.15) is 26.7 Å². The summed E-state index contributed by atoms with van der Waals surface area (Å²) in [5, 5.41) is 3.32. The minimum Gasteiger partial charge on any atom is -0.311 e. The van der Waals surface area contributed by atoms with E-state index in [1.165, 1.54) is 23.4 Å². The number of carbonyl (C=O) groups is 1. The Morgan fingerprint density at radius 3 is 2.52 bits per heavy atom. The molecule has 1 aliphatic carbocycles. The fourth-order valence-corrected chi connectivity index (χ4v) is 3.73. The number of sulfonamides is 1. The van der Waals surface area contributed by atoms with Gasteiger partial charge in [-0.05, 0) is 30.8 Å². The van der Waals surface area contributed by atoms with E-state index < -0.39 is 10.0 Å². The molecule has 2 aliphatic rings. The van der Waals surface area contributed by atoms with Crippen molar-refractivity contribution >= 4 is 15.8 Å². The molecule has 0 aromatic rings. The van der Waals surface area contributed by atoms with E-state index in [0.717, 1.165) is 0 Å². The standard InChI is InChI=1S/C15H26N2O3S/c1-11(2)13-9-17(21(3,19)20)10-14(13)15(18)5-4-8-16-12-6-7-12/h4-5,11-14,16H,6-10H2,1-3H3/t13-,14?/m1/s1. The van der Waals surface area contributed by atoms with E-state index >= 15 is 0 Å². The maximum atomic E-state index is 12.4. The van der Waals surface area contributed by atoms with Crippen molar-refractivity contribution in [2.45, 2.75) is 32.7 Å². The molecule has 0 amide bonds. The van der Waals surface area contributed by atoms with Crippen LogP contribution in [0, 0.1) is 17.8 Å². The van der Waals surface area contributed by atoms with Gasteiger partial charge in [0.05, 0.1) is 6.26 Å². The van der Waals surface area contributed by atoms with E-state index in [4.69, 9.17) is 0 Å². The Hall–Kier alpha value is -0.720. The van der Waals surface area contributed by atoms with Gasteiger partial charge in [0.25, 0.3) is 0 Å². The van der Waals surface area contributed by atoms with Crippen molar-refractivity contribution in [3.63, 3.8) is 0 Å². The molecule has 1 N–H and O–H groups in total. The first-order valence-electron chi connectivity index (χ1n) is 7.68. The molecule has 0 aromatic heterocycles. The van der Waals surface area contributed by atoms with Crippen molar-refractivity contribution in [3.05, 3.63) is 12.2 Å². The third kappa shape index (κ3) is 4.63. The van der Waals surface area contributed by atoms with Crippen LogP contribution in [0.25, 0.3) is 0 Å². The van der Waals surface area contributed by atoms with E-state index in [-0.39, 0.29) is 17.6 Å². The summed E-state index contributed by atoms with van der Waals surface area (Å²) in [6, 6.07) is 0.625. The number of hydrogen-bond donors (Lipinski definition) is 1. The lowest BCUT2D eigenvalue weighted by atomic mass is 9.83. The number of nitrogens with one attached hydrogen (secondary N) is 1. The first-order chi connectivity index (χ1) is 9.79. The van der Waals surface area contributed by atoms with Gasteiger partial charge < -0.3 is 5.32 Å². The number of hydrogen-bond acceptors (Lipinski definition) is 4. The molecule has 1 saturated heterocycles. The summed E-state index contributed by atoms with van der Waals surface area (Å²) >= 11 is 0. The molecule has 5 nitrogen and oxygen atoms in total. The molecular weight excluding hydrogens is 288 g/mol. The topological polar surface area (TPSA) is 66.5 Å². The van der Waals surface area contributed by atoms with Crippen molar-refractivity contribution in [2.24, 2.45) is 17.8 Å². The zero-order valence-electron chi connectivity index (χ0n) is 13.1. The van der Waals surface area contributed by atoms with Gasteiger partial charge in [-0.3, -0.25) is 4.79 Å². The second-order valence-corrected chi connectivity index (χ2v) is 8.56. The van der Waals surface area contributed by atoms with Gasteiger partial charge in [0.2, 0.25) is 10.0 Å². The number of ketones is 1. The molecule has 21 heavy (non-hydrogen) atoms. The highest BCUT2D eigenvalue weighted by Gasteiger charge is 2.41. The molecule has 6 heteroatoms. The normalized spacial score (nSPS) is 27.8. The summed E-state index contributed by atoms with van der Waals surface area (Å²) in [6.07, 6.45) is 7.15. The Balaban J connectivity index is 1.95. The molecule has 1 heterocycles. The first-order valence-corrected chi connectivity index (χ1v) is 9.52. The fraction of sp³-hybridized carbons (Fsp3) is 0.800. The lowest BCUT2D eigenvalue weighted by molar-refractivity contribution is -0.119. The molecule has 0 spiro atoms. The fourth-order valence-electron chi connectivity index (χ4n) is 2.86. The summed E-state index contributed by atoms with van der Waals surface area (Å²) in [6.45, 7) is 5.59. The molecule has 0 bridgehead atoms. The molecule has 0 aromatic carbocycles. The van der Waals surface area contributed by atoms with Gasteiger partial charge in [0.15, 0.2) is 5.78 Å². The van der Waals surface area contributed by atoms with Gasteiger partial charge in [-0.15, -0.1) is 0 Å². The Kier molecular flexibility index (Phi) is 5.22. The van der Waals surface area contributed by atoms with Crippen LogP contribution in [-0.4, -0.2) is 50.4 Å². The van der Waals surface area contributed by atoms with Crippen LogP contribution in [0.4, 0.5) is 0 Å². The lowest BCUT2D eigenvalue weighted by Gasteiger charge is -2.19. The lowest BCUT2D eigenvalue weighted by Crippen LogP contribution is -2.28. The molecular formula is C15H26N2O3S. The SMILES string of the molecule is CC(C)[C@H]1CN(S(C)(=O)=O)CC1C(=O)C=CCNC1CC1. The van der Waals surface area contributed by atoms with Crippen LogP contribution in [0.3, 0.4) is 0 Å². The number of nitrogens with zero attached hydrogens (tertiary/aromatic N) is 1. The number of rotatable bonds is 7. The molecule has 1 unspecified atom stereocenters. The van der Waals surface area contributed by atoms with Crippen LogP contribution >= 0.6 is 0 Å². The third-order valence-corrected chi connectivity index (χ3v) is 5.64. The second kappa shape index (κ2) is 6.58. The van der Waals surface area contributed by atoms with Crippen LogP contribution in [0.2, 0.25) is 0 Å². The summed E-state index contributed by atoms with van der Waals surface area (Å²) in [7, 11) is -3.22. The average molecular weight is 314 g/mol. The van der Waals surface area contributed by atoms with Crippen LogP contribution in [0.5, 0.6) is 0 Å². The van der Waals surface area contributed by atoms with Gasteiger partial charge in [-0.25, -0.2) is 12.7 Å². The zero-order valence-corrected chi connectivity index (χ0v) is 13.9. The quantitative estimate of drug-likeness (QED) is 0.713. The molecule has 1 aliphatic heterocycles. The van der Waals surface area contributed by atoms with Crippen LogP contribution in [0.15, 0.2) is 12.2 Å². The molecule has 1 saturated carbocycles. The highest BCUT2D eigenvalue weighted by molar-refractivity contribution is 7.88.